The minimum absolute atomic E-state index is 0. The maximum atomic E-state index is 8.47. The van der Waals surface area contributed by atoms with E-state index < -0.39 is 0 Å². The third-order valence-corrected chi connectivity index (χ3v) is 1.27. The van der Waals surface area contributed by atoms with E-state index in [4.69, 9.17) is 5.26 Å². The average molecular weight is 134 g/mol. The summed E-state index contributed by atoms with van der Waals surface area (Å²) in [6.45, 7) is 1.93. The van der Waals surface area contributed by atoms with Crippen molar-refractivity contribution >= 4 is 0 Å². The lowest BCUT2D eigenvalue weighted by molar-refractivity contribution is 1.39. The highest BCUT2D eigenvalue weighted by atomic mass is 14.2. The lowest BCUT2D eigenvalue weighted by atomic mass is 10.1. The van der Waals surface area contributed by atoms with Crippen LogP contribution in [0.25, 0.3) is 0 Å². The smallest absolute Gasteiger partial charge is 0.0994 e. The number of rotatable bonds is 0. The van der Waals surface area contributed by atoms with Crippen molar-refractivity contribution in [1.82, 2.24) is 6.15 Å². The summed E-state index contributed by atoms with van der Waals surface area (Å²) in [6.07, 6.45) is 0. The van der Waals surface area contributed by atoms with E-state index in [1.165, 1.54) is 0 Å². The number of nitrogens with zero attached hydrogens (tertiary/aromatic N) is 1. The minimum Gasteiger partial charge on any atom is -0.344 e. The number of nitriles is 1. The molecule has 2 heteroatoms. The Balaban J connectivity index is 0.000000810. The molecule has 0 fully saturated rings. The van der Waals surface area contributed by atoms with Crippen LogP contribution in [-0.2, 0) is 0 Å². The Hall–Kier alpha value is -1.33. The van der Waals surface area contributed by atoms with Gasteiger partial charge in [0, 0.05) is 0 Å². The van der Waals surface area contributed by atoms with E-state index in [-0.39, 0.29) is 6.15 Å². The maximum Gasteiger partial charge on any atom is 0.0994 e. The predicted molar refractivity (Wildman–Crippen MR) is 40.9 cm³/mol. The number of hydrogen-bond donors (Lipinski definition) is 1. The molecule has 52 valence electrons. The Bertz CT molecular complexity index is 248. The summed E-state index contributed by atoms with van der Waals surface area (Å²) >= 11 is 0. The molecule has 0 spiro atoms. The van der Waals surface area contributed by atoms with Crippen molar-refractivity contribution in [3.05, 3.63) is 35.4 Å². The van der Waals surface area contributed by atoms with Crippen LogP contribution in [0.5, 0.6) is 0 Å². The van der Waals surface area contributed by atoms with Gasteiger partial charge in [-0.2, -0.15) is 5.26 Å². The largest absolute Gasteiger partial charge is 0.344 e. The first-order valence-corrected chi connectivity index (χ1v) is 2.80. The highest BCUT2D eigenvalue weighted by Crippen LogP contribution is 2.03. The van der Waals surface area contributed by atoms with Crippen LogP contribution in [0, 0.1) is 18.3 Å². The molecule has 0 saturated carbocycles. The van der Waals surface area contributed by atoms with Gasteiger partial charge in [0.2, 0.25) is 0 Å². The van der Waals surface area contributed by atoms with Gasteiger partial charge in [-0.25, -0.2) is 0 Å². The van der Waals surface area contributed by atoms with Gasteiger partial charge in [0.15, 0.2) is 0 Å². The van der Waals surface area contributed by atoms with E-state index >= 15 is 0 Å². The zero-order valence-electron chi connectivity index (χ0n) is 5.96. The molecule has 0 bridgehead atoms. The summed E-state index contributed by atoms with van der Waals surface area (Å²) in [6, 6.07) is 9.63. The molecule has 0 aliphatic rings. The van der Waals surface area contributed by atoms with Gasteiger partial charge in [0.05, 0.1) is 11.6 Å². The molecule has 0 aliphatic heterocycles. The SMILES string of the molecule is Cc1ccccc1C#N.N. The molecule has 0 aliphatic carbocycles. The Kier molecular flexibility index (Phi) is 3.16. The van der Waals surface area contributed by atoms with Crippen LogP contribution < -0.4 is 6.15 Å². The van der Waals surface area contributed by atoms with Gasteiger partial charge in [-0.1, -0.05) is 18.2 Å². The third kappa shape index (κ3) is 1.57. The van der Waals surface area contributed by atoms with Crippen molar-refractivity contribution in [2.75, 3.05) is 0 Å². The molecular weight excluding hydrogens is 124 g/mol. The Labute approximate surface area is 60.7 Å². The maximum absolute atomic E-state index is 8.47. The second-order valence-corrected chi connectivity index (χ2v) is 1.93. The summed E-state index contributed by atoms with van der Waals surface area (Å²) < 4.78 is 0. The predicted octanol–water partition coefficient (Wildman–Crippen LogP) is 2.03. The highest BCUT2D eigenvalue weighted by molar-refractivity contribution is 5.35. The first-order chi connectivity index (χ1) is 4.34. The van der Waals surface area contributed by atoms with E-state index in [1.54, 1.807) is 0 Å². The van der Waals surface area contributed by atoms with Crippen molar-refractivity contribution in [1.29, 1.82) is 5.26 Å². The first-order valence-electron chi connectivity index (χ1n) is 2.80. The van der Waals surface area contributed by atoms with Crippen molar-refractivity contribution in [2.45, 2.75) is 6.92 Å². The van der Waals surface area contributed by atoms with Crippen LogP contribution in [0.15, 0.2) is 24.3 Å². The molecule has 3 N–H and O–H groups in total. The third-order valence-electron chi connectivity index (χ3n) is 1.27. The molecule has 0 amide bonds. The Morgan fingerprint density at radius 3 is 2.30 bits per heavy atom. The van der Waals surface area contributed by atoms with Crippen molar-refractivity contribution in [3.8, 4) is 6.07 Å². The number of hydrogen-bond acceptors (Lipinski definition) is 2. The zero-order chi connectivity index (χ0) is 6.69. The highest BCUT2D eigenvalue weighted by Gasteiger charge is 1.89. The lowest BCUT2D eigenvalue weighted by Crippen LogP contribution is -1.77. The van der Waals surface area contributed by atoms with Crippen LogP contribution in [0.1, 0.15) is 11.1 Å². The summed E-state index contributed by atoms with van der Waals surface area (Å²) in [5.41, 5.74) is 1.80. The molecule has 0 atom stereocenters. The zero-order valence-corrected chi connectivity index (χ0v) is 5.96. The summed E-state index contributed by atoms with van der Waals surface area (Å²) in [5.74, 6) is 0. The van der Waals surface area contributed by atoms with Gasteiger partial charge in [0.1, 0.15) is 0 Å². The van der Waals surface area contributed by atoms with Crippen LogP contribution in [0.2, 0.25) is 0 Å². The summed E-state index contributed by atoms with van der Waals surface area (Å²) in [5, 5.41) is 8.47. The monoisotopic (exact) mass is 134 g/mol. The van der Waals surface area contributed by atoms with Crippen molar-refractivity contribution < 1.29 is 0 Å². The molecule has 1 aromatic carbocycles. The fourth-order valence-corrected chi connectivity index (χ4v) is 0.698. The molecule has 0 unspecified atom stereocenters. The summed E-state index contributed by atoms with van der Waals surface area (Å²) in [4.78, 5) is 0. The molecule has 0 heterocycles. The fourth-order valence-electron chi connectivity index (χ4n) is 0.698. The van der Waals surface area contributed by atoms with Gasteiger partial charge in [-0.3, -0.25) is 0 Å². The van der Waals surface area contributed by atoms with E-state index in [1.807, 2.05) is 31.2 Å². The van der Waals surface area contributed by atoms with Gasteiger partial charge in [-0.05, 0) is 18.6 Å². The van der Waals surface area contributed by atoms with Gasteiger partial charge < -0.3 is 6.15 Å². The molecule has 0 aromatic heterocycles. The Morgan fingerprint density at radius 1 is 1.30 bits per heavy atom. The first kappa shape index (κ1) is 8.67. The van der Waals surface area contributed by atoms with Crippen LogP contribution in [0.4, 0.5) is 0 Å². The van der Waals surface area contributed by atoms with E-state index in [2.05, 4.69) is 6.07 Å². The number of aryl methyl sites for hydroxylation is 1. The molecular formula is C8H10N2. The van der Waals surface area contributed by atoms with E-state index in [0.717, 1.165) is 11.1 Å². The van der Waals surface area contributed by atoms with Crippen LogP contribution in [0.3, 0.4) is 0 Å². The minimum atomic E-state index is 0. The van der Waals surface area contributed by atoms with Crippen LogP contribution in [-0.4, -0.2) is 0 Å². The van der Waals surface area contributed by atoms with Gasteiger partial charge >= 0.3 is 0 Å². The van der Waals surface area contributed by atoms with Gasteiger partial charge in [0.25, 0.3) is 0 Å². The second-order valence-electron chi connectivity index (χ2n) is 1.93. The molecule has 10 heavy (non-hydrogen) atoms. The van der Waals surface area contributed by atoms with Crippen molar-refractivity contribution in [2.24, 2.45) is 0 Å². The van der Waals surface area contributed by atoms with E-state index in [0.29, 0.717) is 0 Å². The topological polar surface area (TPSA) is 58.8 Å². The molecule has 0 radical (unpaired) electrons. The van der Waals surface area contributed by atoms with E-state index in [9.17, 15) is 0 Å². The normalized spacial score (nSPS) is 7.60. The molecule has 1 aromatic rings. The van der Waals surface area contributed by atoms with Gasteiger partial charge in [-0.15, -0.1) is 0 Å². The molecule has 1 rings (SSSR count). The standard InChI is InChI=1S/C8H7N.H3N/c1-7-4-2-3-5-8(7)6-9;/h2-5H,1H3;1H3. The van der Waals surface area contributed by atoms with Crippen LogP contribution >= 0.6 is 0 Å². The average Bonchev–Trinajstić information content (AvgIpc) is 1.89. The molecule has 0 saturated heterocycles. The summed E-state index contributed by atoms with van der Waals surface area (Å²) in [7, 11) is 0. The molecule has 2 nitrogen and oxygen atoms in total. The lowest BCUT2D eigenvalue weighted by Gasteiger charge is -1.90. The fraction of sp³-hybridized carbons (Fsp3) is 0.125. The van der Waals surface area contributed by atoms with Crippen molar-refractivity contribution in [3.63, 3.8) is 0 Å². The number of benzene rings is 1. The Morgan fingerprint density at radius 2 is 1.90 bits per heavy atom. The second kappa shape index (κ2) is 3.65. The quantitative estimate of drug-likeness (QED) is 0.590.